The van der Waals surface area contributed by atoms with Gasteiger partial charge >= 0.3 is 5.97 Å². The van der Waals surface area contributed by atoms with Crippen molar-refractivity contribution in [3.63, 3.8) is 0 Å². The number of aromatic nitrogens is 1. The molecule has 1 aliphatic heterocycles. The molecule has 0 amide bonds. The second kappa shape index (κ2) is 8.32. The van der Waals surface area contributed by atoms with Crippen molar-refractivity contribution in [3.8, 4) is 0 Å². The molecule has 1 saturated carbocycles. The van der Waals surface area contributed by atoms with Gasteiger partial charge in [0.05, 0.1) is 12.1 Å². The van der Waals surface area contributed by atoms with Crippen molar-refractivity contribution < 1.29 is 14.6 Å². The first-order chi connectivity index (χ1) is 13.9. The summed E-state index contributed by atoms with van der Waals surface area (Å²) in [5.74, 6) is 1.18. The lowest BCUT2D eigenvalue weighted by Gasteiger charge is -2.48. The van der Waals surface area contributed by atoms with Gasteiger partial charge in [-0.25, -0.2) is 0 Å². The quantitative estimate of drug-likeness (QED) is 0.516. The number of fused-ring (bicyclic) bond motifs is 2. The summed E-state index contributed by atoms with van der Waals surface area (Å²) in [6, 6.07) is 8.34. The minimum atomic E-state index is -0.369. The van der Waals surface area contributed by atoms with Crippen LogP contribution in [0.15, 0.2) is 30.5 Å². The molecule has 2 aliphatic rings. The zero-order chi connectivity index (χ0) is 20.7. The molecule has 0 bridgehead atoms. The molecule has 1 saturated heterocycles. The van der Waals surface area contributed by atoms with Gasteiger partial charge in [0, 0.05) is 41.0 Å². The number of pyridine rings is 1. The van der Waals surface area contributed by atoms with Gasteiger partial charge in [-0.15, -0.1) is 0 Å². The average Bonchev–Trinajstić information content (AvgIpc) is 3.00. The van der Waals surface area contributed by atoms with Crippen LogP contribution in [0.4, 0.5) is 0 Å². The first kappa shape index (κ1) is 20.8. The maximum absolute atomic E-state index is 12.0. The highest BCUT2D eigenvalue weighted by Crippen LogP contribution is 2.50. The minimum absolute atomic E-state index is 0.0277. The van der Waals surface area contributed by atoms with Crippen LogP contribution in [-0.4, -0.2) is 44.4 Å². The molecular weight excluding hydrogens is 432 g/mol. The fourth-order valence-electron chi connectivity index (χ4n) is 5.34. The van der Waals surface area contributed by atoms with E-state index >= 15 is 0 Å². The molecule has 2 aromatic rings. The van der Waals surface area contributed by atoms with Crippen molar-refractivity contribution in [2.45, 2.75) is 63.2 Å². The number of nitrogens with zero attached hydrogens (tertiary/aromatic N) is 2. The molecule has 2 fully saturated rings. The second-order valence-electron chi connectivity index (χ2n) is 8.52. The third-order valence-corrected chi connectivity index (χ3v) is 7.56. The Bertz CT molecular complexity index is 903. The van der Waals surface area contributed by atoms with Gasteiger partial charge in [0.15, 0.2) is 0 Å². The zero-order valence-electron chi connectivity index (χ0n) is 17.2. The predicted molar refractivity (Wildman–Crippen MR) is 117 cm³/mol. The van der Waals surface area contributed by atoms with Crippen LogP contribution in [0.2, 0.25) is 0 Å². The van der Waals surface area contributed by atoms with Crippen molar-refractivity contribution in [2.75, 3.05) is 6.54 Å². The standard InChI is InChI=1S/C23H29BrN2O3/c1-13(24)19-11-22-17(19)7-9-26(22)14(2)23(29-15(3)28)18-6-8-25-21-5-4-16(12-27)10-20(18)21/h4-6,8,10,13-14,17,19,22-23,27H,7,9,11-12H2,1-3H3/t13-,14-,17+,19+,22?,23+/m1/s1. The molecule has 0 spiro atoms. The minimum Gasteiger partial charge on any atom is -0.456 e. The number of hydrogen-bond acceptors (Lipinski definition) is 5. The van der Waals surface area contributed by atoms with E-state index in [1.165, 1.54) is 19.8 Å². The number of carbonyl (C=O) groups is 1. The van der Waals surface area contributed by atoms with E-state index < -0.39 is 0 Å². The Morgan fingerprint density at radius 1 is 1.38 bits per heavy atom. The highest BCUT2D eigenvalue weighted by molar-refractivity contribution is 9.09. The van der Waals surface area contributed by atoms with Crippen molar-refractivity contribution in [1.82, 2.24) is 9.88 Å². The third-order valence-electron chi connectivity index (χ3n) is 6.88. The van der Waals surface area contributed by atoms with Crippen LogP contribution < -0.4 is 0 Å². The molecule has 1 aromatic heterocycles. The number of rotatable bonds is 6. The average molecular weight is 461 g/mol. The van der Waals surface area contributed by atoms with Crippen LogP contribution in [0.1, 0.15) is 50.8 Å². The third kappa shape index (κ3) is 3.82. The van der Waals surface area contributed by atoms with E-state index in [4.69, 9.17) is 4.74 Å². The molecule has 2 heterocycles. The van der Waals surface area contributed by atoms with E-state index in [0.717, 1.165) is 40.4 Å². The number of likely N-dealkylation sites (tertiary alicyclic amines) is 1. The number of halogens is 1. The maximum Gasteiger partial charge on any atom is 0.303 e. The summed E-state index contributed by atoms with van der Waals surface area (Å²) >= 11 is 3.77. The highest BCUT2D eigenvalue weighted by atomic mass is 79.9. The van der Waals surface area contributed by atoms with Gasteiger partial charge in [-0.3, -0.25) is 14.7 Å². The van der Waals surface area contributed by atoms with E-state index in [1.54, 1.807) is 6.20 Å². The van der Waals surface area contributed by atoms with Crippen molar-refractivity contribution in [1.29, 1.82) is 0 Å². The van der Waals surface area contributed by atoms with Gasteiger partial charge in [0.25, 0.3) is 0 Å². The lowest BCUT2D eigenvalue weighted by atomic mass is 9.68. The fourth-order valence-corrected chi connectivity index (χ4v) is 5.95. The van der Waals surface area contributed by atoms with Gasteiger partial charge in [0.2, 0.25) is 0 Å². The lowest BCUT2D eigenvalue weighted by molar-refractivity contribution is -0.151. The number of carbonyl (C=O) groups excluding carboxylic acids is 1. The SMILES string of the molecule is CC(=O)O[C@H](c1ccnc2ccc(CO)cc12)[C@@H](C)N1CC[C@@H]2C1C[C@H]2[C@@H](C)Br. The summed E-state index contributed by atoms with van der Waals surface area (Å²) in [7, 11) is 0. The number of esters is 1. The highest BCUT2D eigenvalue weighted by Gasteiger charge is 2.51. The monoisotopic (exact) mass is 460 g/mol. The first-order valence-corrected chi connectivity index (χ1v) is 11.4. The molecule has 1 unspecified atom stereocenters. The van der Waals surface area contributed by atoms with Gasteiger partial charge in [0.1, 0.15) is 6.10 Å². The molecule has 4 rings (SSSR count). The van der Waals surface area contributed by atoms with Crippen molar-refractivity contribution in [2.24, 2.45) is 11.8 Å². The van der Waals surface area contributed by atoms with Crippen molar-refractivity contribution in [3.05, 3.63) is 41.6 Å². The molecule has 5 nitrogen and oxygen atoms in total. The van der Waals surface area contributed by atoms with Crippen LogP contribution in [-0.2, 0) is 16.1 Å². The van der Waals surface area contributed by atoms with Crippen molar-refractivity contribution >= 4 is 32.8 Å². The molecule has 6 heteroatoms. The Hall–Kier alpha value is -1.50. The normalized spacial score (nSPS) is 27.1. The number of aliphatic hydroxyl groups excluding tert-OH is 1. The predicted octanol–water partition coefficient (Wildman–Crippen LogP) is 4.21. The first-order valence-electron chi connectivity index (χ1n) is 10.5. The number of hydrogen-bond donors (Lipinski definition) is 1. The Labute approximate surface area is 180 Å². The van der Waals surface area contributed by atoms with Crippen LogP contribution >= 0.6 is 15.9 Å². The van der Waals surface area contributed by atoms with E-state index in [0.29, 0.717) is 10.9 Å². The summed E-state index contributed by atoms with van der Waals surface area (Å²) in [4.78, 5) is 19.5. The Morgan fingerprint density at radius 3 is 2.86 bits per heavy atom. The maximum atomic E-state index is 12.0. The zero-order valence-corrected chi connectivity index (χ0v) is 18.8. The molecular formula is C23H29BrN2O3. The number of benzene rings is 1. The van der Waals surface area contributed by atoms with Gasteiger partial charge in [-0.1, -0.05) is 28.9 Å². The lowest BCUT2D eigenvalue weighted by Crippen LogP contribution is -2.52. The number of alkyl halides is 1. The topological polar surface area (TPSA) is 62.7 Å². The summed E-state index contributed by atoms with van der Waals surface area (Å²) < 4.78 is 5.89. The van der Waals surface area contributed by atoms with Gasteiger partial charge < -0.3 is 9.84 Å². The van der Waals surface area contributed by atoms with Crippen LogP contribution in [0.5, 0.6) is 0 Å². The van der Waals surface area contributed by atoms with E-state index in [1.807, 2.05) is 24.3 Å². The van der Waals surface area contributed by atoms with Gasteiger partial charge in [-0.2, -0.15) is 0 Å². The molecule has 1 aliphatic carbocycles. The van der Waals surface area contributed by atoms with E-state index in [2.05, 4.69) is 39.7 Å². The molecule has 6 atom stereocenters. The summed E-state index contributed by atoms with van der Waals surface area (Å²) in [5.41, 5.74) is 2.64. The van der Waals surface area contributed by atoms with Gasteiger partial charge in [-0.05, 0) is 61.9 Å². The van der Waals surface area contributed by atoms with E-state index in [9.17, 15) is 9.90 Å². The summed E-state index contributed by atoms with van der Waals surface area (Å²) in [6.45, 7) is 6.90. The van der Waals surface area contributed by atoms with Crippen LogP contribution in [0.25, 0.3) is 10.9 Å². The molecule has 0 radical (unpaired) electrons. The largest absolute Gasteiger partial charge is 0.456 e. The fraction of sp³-hybridized carbons (Fsp3) is 0.565. The Balaban J connectivity index is 1.67. The molecule has 156 valence electrons. The smallest absolute Gasteiger partial charge is 0.303 e. The van der Waals surface area contributed by atoms with E-state index in [-0.39, 0.29) is 24.7 Å². The second-order valence-corrected chi connectivity index (χ2v) is 9.96. The summed E-state index contributed by atoms with van der Waals surface area (Å²) in [5, 5.41) is 10.5. The Kier molecular flexibility index (Phi) is 5.96. The Morgan fingerprint density at radius 2 is 2.17 bits per heavy atom. The number of aliphatic hydroxyl groups is 1. The van der Waals surface area contributed by atoms with Crippen LogP contribution in [0.3, 0.4) is 0 Å². The summed E-state index contributed by atoms with van der Waals surface area (Å²) in [6.07, 6.45) is 3.80. The molecule has 1 N–H and O–H groups in total. The number of ether oxygens (including phenoxy) is 1. The molecule has 29 heavy (non-hydrogen) atoms. The molecule has 1 aromatic carbocycles. The van der Waals surface area contributed by atoms with Crippen LogP contribution in [0, 0.1) is 11.8 Å².